The maximum atomic E-state index is 13.3. The Morgan fingerprint density at radius 2 is 1.78 bits per heavy atom. The van der Waals surface area contributed by atoms with E-state index in [0.29, 0.717) is 37.2 Å². The Balaban J connectivity index is 1.58. The van der Waals surface area contributed by atoms with Crippen LogP contribution in [0.5, 0.6) is 5.75 Å². The Labute approximate surface area is 155 Å². The molecule has 3 rings (SSSR count). The van der Waals surface area contributed by atoms with Gasteiger partial charge in [-0.15, -0.1) is 0 Å². The maximum absolute atomic E-state index is 13.3. The highest BCUT2D eigenvalue weighted by molar-refractivity contribution is 5.97. The number of likely N-dealkylation sites (tertiary alicyclic amines) is 1. The number of methoxy groups -OCH3 is 1. The Bertz CT molecular complexity index is 849. The third kappa shape index (κ3) is 4.24. The smallest absolute Gasteiger partial charge is 0.257 e. The van der Waals surface area contributed by atoms with Gasteiger partial charge in [0.05, 0.1) is 12.7 Å². The number of para-hydroxylation sites is 1. The van der Waals surface area contributed by atoms with Crippen LogP contribution in [0.15, 0.2) is 42.5 Å². The summed E-state index contributed by atoms with van der Waals surface area (Å²) < 4.78 is 31.5. The number of benzene rings is 2. The third-order valence-corrected chi connectivity index (χ3v) is 4.68. The van der Waals surface area contributed by atoms with Crippen LogP contribution in [-0.2, 0) is 4.79 Å². The van der Waals surface area contributed by atoms with Crippen LogP contribution in [0.1, 0.15) is 23.2 Å². The van der Waals surface area contributed by atoms with Crippen molar-refractivity contribution in [2.75, 3.05) is 25.5 Å². The number of halogens is 2. The largest absolute Gasteiger partial charge is 0.496 e. The molecule has 0 atom stereocenters. The molecule has 0 saturated carbocycles. The molecule has 1 saturated heterocycles. The molecule has 142 valence electrons. The molecule has 0 aliphatic carbocycles. The Hall–Kier alpha value is -2.96. The van der Waals surface area contributed by atoms with Crippen molar-refractivity contribution in [3.8, 4) is 5.75 Å². The zero-order chi connectivity index (χ0) is 19.4. The van der Waals surface area contributed by atoms with E-state index >= 15 is 0 Å². The summed E-state index contributed by atoms with van der Waals surface area (Å²) >= 11 is 0. The van der Waals surface area contributed by atoms with Gasteiger partial charge in [-0.3, -0.25) is 9.59 Å². The van der Waals surface area contributed by atoms with Crippen LogP contribution in [0.3, 0.4) is 0 Å². The highest BCUT2D eigenvalue weighted by Gasteiger charge is 2.29. The number of nitrogens with zero attached hydrogens (tertiary/aromatic N) is 1. The summed E-state index contributed by atoms with van der Waals surface area (Å²) in [6.07, 6.45) is 0.993. The number of hydrogen-bond donors (Lipinski definition) is 1. The molecule has 2 amide bonds. The minimum absolute atomic E-state index is 0.132. The lowest BCUT2D eigenvalue weighted by molar-refractivity contribution is -0.121. The van der Waals surface area contributed by atoms with Crippen molar-refractivity contribution in [3.05, 3.63) is 59.7 Å². The van der Waals surface area contributed by atoms with Gasteiger partial charge in [0.25, 0.3) is 5.91 Å². The van der Waals surface area contributed by atoms with Gasteiger partial charge in [0, 0.05) is 30.8 Å². The molecule has 1 aliphatic rings. The van der Waals surface area contributed by atoms with Gasteiger partial charge >= 0.3 is 0 Å². The summed E-state index contributed by atoms with van der Waals surface area (Å²) in [5.74, 6) is -2.14. The van der Waals surface area contributed by atoms with Gasteiger partial charge in [-0.05, 0) is 37.1 Å². The summed E-state index contributed by atoms with van der Waals surface area (Å²) in [6.45, 7) is 0.874. The van der Waals surface area contributed by atoms with Crippen LogP contribution in [0.2, 0.25) is 0 Å². The van der Waals surface area contributed by atoms with E-state index in [1.165, 1.54) is 13.2 Å². The quantitative estimate of drug-likeness (QED) is 0.892. The number of anilines is 1. The summed E-state index contributed by atoms with van der Waals surface area (Å²) in [5, 5.41) is 2.60. The van der Waals surface area contributed by atoms with Crippen molar-refractivity contribution in [2.45, 2.75) is 12.8 Å². The number of carbonyl (C=O) groups is 2. The summed E-state index contributed by atoms with van der Waals surface area (Å²) in [6, 6.07) is 10.3. The van der Waals surface area contributed by atoms with Crippen molar-refractivity contribution in [1.29, 1.82) is 0 Å². The SMILES string of the molecule is COc1ccccc1C(=O)N1CCC(C(=O)Nc2ccc(F)c(F)c2)CC1. The lowest BCUT2D eigenvalue weighted by Gasteiger charge is -2.31. The second kappa shape index (κ2) is 8.16. The van der Waals surface area contributed by atoms with E-state index in [1.54, 1.807) is 29.2 Å². The minimum Gasteiger partial charge on any atom is -0.496 e. The lowest BCUT2D eigenvalue weighted by Crippen LogP contribution is -2.41. The summed E-state index contributed by atoms with van der Waals surface area (Å²) in [5.41, 5.74) is 0.705. The summed E-state index contributed by atoms with van der Waals surface area (Å²) in [7, 11) is 1.51. The van der Waals surface area contributed by atoms with Crippen LogP contribution in [0, 0.1) is 17.6 Å². The molecule has 1 heterocycles. The molecular formula is C20H20F2N2O3. The van der Waals surface area contributed by atoms with E-state index < -0.39 is 11.6 Å². The topological polar surface area (TPSA) is 58.6 Å². The molecule has 0 unspecified atom stereocenters. The highest BCUT2D eigenvalue weighted by Crippen LogP contribution is 2.24. The zero-order valence-corrected chi connectivity index (χ0v) is 14.9. The van der Waals surface area contributed by atoms with E-state index in [1.807, 2.05) is 0 Å². The Kier molecular flexibility index (Phi) is 5.69. The molecule has 5 nitrogen and oxygen atoms in total. The van der Waals surface area contributed by atoms with E-state index in [9.17, 15) is 18.4 Å². The first kappa shape index (κ1) is 18.8. The van der Waals surface area contributed by atoms with Crippen LogP contribution >= 0.6 is 0 Å². The van der Waals surface area contributed by atoms with Gasteiger partial charge in [-0.1, -0.05) is 12.1 Å². The van der Waals surface area contributed by atoms with Gasteiger partial charge in [-0.25, -0.2) is 8.78 Å². The molecule has 27 heavy (non-hydrogen) atoms. The highest BCUT2D eigenvalue weighted by atomic mass is 19.2. The van der Waals surface area contributed by atoms with Gasteiger partial charge in [0.1, 0.15) is 5.75 Å². The number of ether oxygens (including phenoxy) is 1. The van der Waals surface area contributed by atoms with Crippen LogP contribution in [0.4, 0.5) is 14.5 Å². The fourth-order valence-electron chi connectivity index (χ4n) is 3.15. The van der Waals surface area contributed by atoms with Crippen molar-refractivity contribution in [2.24, 2.45) is 5.92 Å². The number of hydrogen-bond acceptors (Lipinski definition) is 3. The molecule has 0 aromatic heterocycles. The minimum atomic E-state index is -1.01. The third-order valence-electron chi connectivity index (χ3n) is 4.68. The molecule has 1 fully saturated rings. The second-order valence-electron chi connectivity index (χ2n) is 6.38. The Morgan fingerprint density at radius 1 is 1.07 bits per heavy atom. The first-order chi connectivity index (χ1) is 13.0. The van der Waals surface area contributed by atoms with Crippen LogP contribution in [-0.4, -0.2) is 36.9 Å². The monoisotopic (exact) mass is 374 g/mol. The fourth-order valence-corrected chi connectivity index (χ4v) is 3.15. The molecular weight excluding hydrogens is 354 g/mol. The number of rotatable bonds is 4. The second-order valence-corrected chi connectivity index (χ2v) is 6.38. The molecule has 1 aliphatic heterocycles. The average molecular weight is 374 g/mol. The van der Waals surface area contributed by atoms with Gasteiger partial charge in [0.2, 0.25) is 5.91 Å². The molecule has 7 heteroatoms. The van der Waals surface area contributed by atoms with Crippen molar-refractivity contribution >= 4 is 17.5 Å². The van der Waals surface area contributed by atoms with E-state index in [2.05, 4.69) is 5.32 Å². The van der Waals surface area contributed by atoms with E-state index in [4.69, 9.17) is 4.74 Å². The van der Waals surface area contributed by atoms with E-state index in [-0.39, 0.29) is 23.4 Å². The predicted octanol–water partition coefficient (Wildman–Crippen LogP) is 3.46. The first-order valence-electron chi connectivity index (χ1n) is 8.68. The van der Waals surface area contributed by atoms with Gasteiger partial charge in [-0.2, -0.15) is 0 Å². The standard InChI is InChI=1S/C20H20F2N2O3/c1-27-18-5-3-2-4-15(18)20(26)24-10-8-13(9-11-24)19(25)23-14-6-7-16(21)17(22)12-14/h2-7,12-13H,8-11H2,1H3,(H,23,25). The predicted molar refractivity (Wildman–Crippen MR) is 96.6 cm³/mol. The normalized spacial score (nSPS) is 14.7. The zero-order valence-electron chi connectivity index (χ0n) is 14.9. The van der Waals surface area contributed by atoms with Crippen molar-refractivity contribution in [1.82, 2.24) is 4.90 Å². The summed E-state index contributed by atoms with van der Waals surface area (Å²) in [4.78, 5) is 26.7. The molecule has 2 aromatic carbocycles. The number of piperidine rings is 1. The van der Waals surface area contributed by atoms with Crippen LogP contribution in [0.25, 0.3) is 0 Å². The average Bonchev–Trinajstić information content (AvgIpc) is 2.70. The van der Waals surface area contributed by atoms with Gasteiger partial charge in [0.15, 0.2) is 11.6 Å². The number of nitrogens with one attached hydrogen (secondary N) is 1. The molecule has 0 radical (unpaired) electrons. The molecule has 0 bridgehead atoms. The Morgan fingerprint density at radius 3 is 2.44 bits per heavy atom. The van der Waals surface area contributed by atoms with Crippen molar-refractivity contribution in [3.63, 3.8) is 0 Å². The maximum Gasteiger partial charge on any atom is 0.257 e. The van der Waals surface area contributed by atoms with Gasteiger partial charge < -0.3 is 15.0 Å². The molecule has 2 aromatic rings. The van der Waals surface area contributed by atoms with E-state index in [0.717, 1.165) is 12.1 Å². The fraction of sp³-hybridized carbons (Fsp3) is 0.300. The van der Waals surface area contributed by atoms with Crippen LogP contribution < -0.4 is 10.1 Å². The molecule has 1 N–H and O–H groups in total. The van der Waals surface area contributed by atoms with Crippen molar-refractivity contribution < 1.29 is 23.1 Å². The molecule has 0 spiro atoms. The lowest BCUT2D eigenvalue weighted by atomic mass is 9.95. The first-order valence-corrected chi connectivity index (χ1v) is 8.68. The number of amides is 2. The number of carbonyl (C=O) groups excluding carboxylic acids is 2.